The summed E-state index contributed by atoms with van der Waals surface area (Å²) in [6.07, 6.45) is -2.21. The van der Waals surface area contributed by atoms with Gasteiger partial charge in [-0.25, -0.2) is 9.97 Å². The molecular formula is C20H16F3N5O3. The minimum absolute atomic E-state index is 0.00646. The van der Waals surface area contributed by atoms with Crippen LogP contribution in [0.2, 0.25) is 0 Å². The molecule has 160 valence electrons. The van der Waals surface area contributed by atoms with Gasteiger partial charge >= 0.3 is 6.18 Å². The molecule has 11 heteroatoms. The Morgan fingerprint density at radius 1 is 1.10 bits per heavy atom. The number of benzene rings is 1. The minimum Gasteiger partial charge on any atom is -0.475 e. The highest BCUT2D eigenvalue weighted by molar-refractivity contribution is 6.10. The fourth-order valence-electron chi connectivity index (χ4n) is 3.30. The molecule has 0 radical (unpaired) electrons. The Morgan fingerprint density at radius 3 is 2.55 bits per heavy atom. The summed E-state index contributed by atoms with van der Waals surface area (Å²) >= 11 is 0. The number of halogens is 3. The van der Waals surface area contributed by atoms with Gasteiger partial charge < -0.3 is 19.9 Å². The lowest BCUT2D eigenvalue weighted by atomic mass is 10.1. The summed E-state index contributed by atoms with van der Waals surface area (Å²) in [5.74, 6) is -0.343. The summed E-state index contributed by atoms with van der Waals surface area (Å²) in [5, 5.41) is 0. The quantitative estimate of drug-likeness (QED) is 0.684. The molecule has 2 N–H and O–H groups in total. The Hall–Kier alpha value is -3.89. The zero-order chi connectivity index (χ0) is 22.2. The van der Waals surface area contributed by atoms with Crippen molar-refractivity contribution in [1.29, 1.82) is 0 Å². The van der Waals surface area contributed by atoms with Crippen molar-refractivity contribution in [3.8, 4) is 17.0 Å². The standard InChI is InChI=1S/C20H16F3N5O3/c21-20(22,23)10-27-7-1-2-14(18(27)29)12-3-5-13(6-4-12)28-8-9-31-17-15(19(28)30)16(24)25-11-26-17/h1-7,11H,8-10H2,(H2,24,25,26). The molecule has 3 heterocycles. The molecule has 0 spiro atoms. The molecule has 0 atom stereocenters. The highest BCUT2D eigenvalue weighted by Crippen LogP contribution is 2.28. The second kappa shape index (κ2) is 7.74. The van der Waals surface area contributed by atoms with E-state index in [1.807, 2.05) is 0 Å². The Labute approximate surface area is 173 Å². The molecule has 0 fully saturated rings. The van der Waals surface area contributed by atoms with Crippen molar-refractivity contribution in [2.24, 2.45) is 0 Å². The number of pyridine rings is 1. The summed E-state index contributed by atoms with van der Waals surface area (Å²) in [4.78, 5) is 34.6. The van der Waals surface area contributed by atoms with Crippen LogP contribution >= 0.6 is 0 Å². The van der Waals surface area contributed by atoms with E-state index in [2.05, 4.69) is 9.97 Å². The van der Waals surface area contributed by atoms with Crippen LogP contribution in [0.5, 0.6) is 5.88 Å². The van der Waals surface area contributed by atoms with E-state index in [1.54, 1.807) is 24.3 Å². The monoisotopic (exact) mass is 431 g/mol. The number of carbonyl (C=O) groups is 1. The number of amides is 1. The van der Waals surface area contributed by atoms with Crippen molar-refractivity contribution in [3.63, 3.8) is 0 Å². The van der Waals surface area contributed by atoms with E-state index in [9.17, 15) is 22.8 Å². The predicted octanol–water partition coefficient (Wildman–Crippen LogP) is 2.49. The number of anilines is 2. The van der Waals surface area contributed by atoms with E-state index in [0.29, 0.717) is 15.8 Å². The molecule has 1 aliphatic rings. The lowest BCUT2D eigenvalue weighted by molar-refractivity contribution is -0.141. The molecule has 8 nitrogen and oxygen atoms in total. The lowest BCUT2D eigenvalue weighted by Gasteiger charge is -2.20. The van der Waals surface area contributed by atoms with Crippen LogP contribution in [0.15, 0.2) is 53.7 Å². The molecule has 0 saturated heterocycles. The molecule has 0 saturated carbocycles. The van der Waals surface area contributed by atoms with E-state index in [1.165, 1.54) is 23.4 Å². The van der Waals surface area contributed by atoms with Gasteiger partial charge in [-0.3, -0.25) is 9.59 Å². The van der Waals surface area contributed by atoms with Gasteiger partial charge in [0.2, 0.25) is 5.88 Å². The number of fused-ring (bicyclic) bond motifs is 1. The molecule has 1 aliphatic heterocycles. The van der Waals surface area contributed by atoms with Crippen LogP contribution in [0, 0.1) is 0 Å². The Balaban J connectivity index is 1.65. The van der Waals surface area contributed by atoms with Gasteiger partial charge in [-0.05, 0) is 29.8 Å². The SMILES string of the molecule is Nc1ncnc2c1C(=O)N(c1ccc(-c3cccn(CC(F)(F)F)c3=O)cc1)CCO2. The van der Waals surface area contributed by atoms with Gasteiger partial charge in [0, 0.05) is 17.4 Å². The molecule has 31 heavy (non-hydrogen) atoms. The predicted molar refractivity (Wildman–Crippen MR) is 106 cm³/mol. The van der Waals surface area contributed by atoms with Crippen molar-refractivity contribution in [1.82, 2.24) is 14.5 Å². The zero-order valence-electron chi connectivity index (χ0n) is 16.0. The third-order valence-electron chi connectivity index (χ3n) is 4.71. The summed E-state index contributed by atoms with van der Waals surface area (Å²) < 4.78 is 44.2. The molecule has 1 aromatic carbocycles. The summed E-state index contributed by atoms with van der Waals surface area (Å²) in [6, 6.07) is 9.15. The first kappa shape index (κ1) is 20.4. The number of alkyl halides is 3. The molecule has 0 aliphatic carbocycles. The normalized spacial score (nSPS) is 14.0. The summed E-state index contributed by atoms with van der Waals surface area (Å²) in [7, 11) is 0. The van der Waals surface area contributed by atoms with Crippen molar-refractivity contribution in [2.45, 2.75) is 12.7 Å². The van der Waals surface area contributed by atoms with E-state index < -0.39 is 24.2 Å². The van der Waals surface area contributed by atoms with Crippen LogP contribution in [-0.4, -0.2) is 39.8 Å². The van der Waals surface area contributed by atoms with E-state index in [0.717, 1.165) is 6.20 Å². The highest BCUT2D eigenvalue weighted by atomic mass is 19.4. The highest BCUT2D eigenvalue weighted by Gasteiger charge is 2.30. The van der Waals surface area contributed by atoms with E-state index in [-0.39, 0.29) is 36.0 Å². The van der Waals surface area contributed by atoms with Crippen molar-refractivity contribution in [3.05, 3.63) is 64.8 Å². The van der Waals surface area contributed by atoms with Crippen LogP contribution in [0.4, 0.5) is 24.7 Å². The summed E-state index contributed by atoms with van der Waals surface area (Å²) in [6.45, 7) is -0.974. The third-order valence-corrected chi connectivity index (χ3v) is 4.71. The molecule has 0 bridgehead atoms. The molecule has 0 unspecified atom stereocenters. The first-order valence-electron chi connectivity index (χ1n) is 9.16. The van der Waals surface area contributed by atoms with Gasteiger partial charge in [-0.1, -0.05) is 12.1 Å². The number of carbonyl (C=O) groups excluding carboxylic acids is 1. The first-order chi connectivity index (χ1) is 14.7. The summed E-state index contributed by atoms with van der Waals surface area (Å²) in [5.41, 5.74) is 6.16. The second-order valence-electron chi connectivity index (χ2n) is 6.76. The van der Waals surface area contributed by atoms with Crippen molar-refractivity contribution in [2.75, 3.05) is 23.8 Å². The molecule has 3 aromatic rings. The largest absolute Gasteiger partial charge is 0.475 e. The van der Waals surface area contributed by atoms with Crippen molar-refractivity contribution >= 4 is 17.4 Å². The molecule has 2 aromatic heterocycles. The van der Waals surface area contributed by atoms with Gasteiger partial charge in [0.05, 0.1) is 6.54 Å². The smallest absolute Gasteiger partial charge is 0.406 e. The Bertz CT molecular complexity index is 1190. The first-order valence-corrected chi connectivity index (χ1v) is 9.16. The van der Waals surface area contributed by atoms with Crippen LogP contribution in [0.25, 0.3) is 11.1 Å². The number of ether oxygens (including phenoxy) is 1. The zero-order valence-corrected chi connectivity index (χ0v) is 16.0. The number of nitrogens with zero attached hydrogens (tertiary/aromatic N) is 4. The van der Waals surface area contributed by atoms with E-state index >= 15 is 0 Å². The van der Waals surface area contributed by atoms with Crippen LogP contribution in [0.3, 0.4) is 0 Å². The average molecular weight is 431 g/mol. The van der Waals surface area contributed by atoms with Crippen LogP contribution < -0.4 is 20.9 Å². The fraction of sp³-hybridized carbons (Fsp3) is 0.200. The van der Waals surface area contributed by atoms with Crippen LogP contribution in [0.1, 0.15) is 10.4 Å². The second-order valence-corrected chi connectivity index (χ2v) is 6.76. The fourth-order valence-corrected chi connectivity index (χ4v) is 3.30. The number of nitrogen functional groups attached to an aromatic ring is 1. The topological polar surface area (TPSA) is 103 Å². The van der Waals surface area contributed by atoms with E-state index in [4.69, 9.17) is 10.5 Å². The number of hydrogen-bond acceptors (Lipinski definition) is 6. The molecule has 1 amide bonds. The minimum atomic E-state index is -4.51. The Kier molecular flexibility index (Phi) is 5.09. The van der Waals surface area contributed by atoms with Gasteiger partial charge in [0.1, 0.15) is 30.9 Å². The number of nitrogens with two attached hydrogens (primary N) is 1. The van der Waals surface area contributed by atoms with Crippen molar-refractivity contribution < 1.29 is 22.7 Å². The number of rotatable bonds is 3. The van der Waals surface area contributed by atoms with Crippen LogP contribution in [-0.2, 0) is 6.54 Å². The maximum Gasteiger partial charge on any atom is 0.406 e. The lowest BCUT2D eigenvalue weighted by Crippen LogP contribution is -2.32. The number of hydrogen-bond donors (Lipinski definition) is 1. The number of aromatic nitrogens is 3. The third kappa shape index (κ3) is 4.06. The molecule has 4 rings (SSSR count). The molecular weight excluding hydrogens is 415 g/mol. The van der Waals surface area contributed by atoms with Gasteiger partial charge in [-0.2, -0.15) is 13.2 Å². The maximum absolute atomic E-state index is 13.0. The van der Waals surface area contributed by atoms with Gasteiger partial charge in [0.15, 0.2) is 0 Å². The van der Waals surface area contributed by atoms with Gasteiger partial charge in [0.25, 0.3) is 11.5 Å². The Morgan fingerprint density at radius 2 is 1.84 bits per heavy atom. The van der Waals surface area contributed by atoms with Gasteiger partial charge in [-0.15, -0.1) is 0 Å². The maximum atomic E-state index is 13.0. The average Bonchev–Trinajstić information content (AvgIpc) is 2.88.